The number of H-pyrrole nitrogens is 1. The Kier molecular flexibility index (Phi) is 3.47. The topological polar surface area (TPSA) is 83.8 Å². The van der Waals surface area contributed by atoms with E-state index in [1.54, 1.807) is 18.3 Å². The number of nitrogens with one attached hydrogen (secondary N) is 2. The van der Waals surface area contributed by atoms with Gasteiger partial charge in [-0.2, -0.15) is 0 Å². The van der Waals surface area contributed by atoms with E-state index in [-0.39, 0.29) is 5.69 Å². The molecule has 0 aliphatic heterocycles. The molecule has 3 rings (SSSR count). The van der Waals surface area contributed by atoms with E-state index in [1.165, 1.54) is 25.0 Å². The van der Waals surface area contributed by atoms with Crippen LogP contribution in [0, 0.1) is 16.0 Å². The fraction of sp³-hybridized carbons (Fsp3) is 0.357. The fourth-order valence-electron chi connectivity index (χ4n) is 2.08. The van der Waals surface area contributed by atoms with Crippen LogP contribution in [0.2, 0.25) is 0 Å². The summed E-state index contributed by atoms with van der Waals surface area (Å²) >= 11 is 0. The molecule has 2 N–H and O–H groups in total. The lowest BCUT2D eigenvalue weighted by Gasteiger charge is -2.00. The maximum Gasteiger partial charge on any atom is 0.269 e. The Morgan fingerprint density at radius 2 is 2.10 bits per heavy atom. The van der Waals surface area contributed by atoms with E-state index in [0.29, 0.717) is 0 Å². The Bertz CT molecular complexity index is 602. The van der Waals surface area contributed by atoms with Crippen molar-refractivity contribution in [2.45, 2.75) is 19.4 Å². The van der Waals surface area contributed by atoms with Gasteiger partial charge in [0.15, 0.2) is 0 Å². The first kappa shape index (κ1) is 12.8. The molecule has 1 aliphatic rings. The Labute approximate surface area is 116 Å². The predicted octanol–water partition coefficient (Wildman–Crippen LogP) is 2.48. The number of hydrogen-bond donors (Lipinski definition) is 2. The zero-order valence-electron chi connectivity index (χ0n) is 11.0. The van der Waals surface area contributed by atoms with Crippen molar-refractivity contribution >= 4 is 5.69 Å². The number of rotatable bonds is 6. The zero-order chi connectivity index (χ0) is 13.9. The van der Waals surface area contributed by atoms with E-state index < -0.39 is 4.92 Å². The van der Waals surface area contributed by atoms with Crippen molar-refractivity contribution in [3.8, 4) is 11.3 Å². The minimum Gasteiger partial charge on any atom is -0.341 e. The number of nitrogens with zero attached hydrogens (tertiary/aromatic N) is 2. The number of non-ortho nitro benzene ring substituents is 1. The second-order valence-electron chi connectivity index (χ2n) is 5.12. The maximum atomic E-state index is 10.6. The molecule has 1 fully saturated rings. The van der Waals surface area contributed by atoms with Crippen molar-refractivity contribution < 1.29 is 4.92 Å². The summed E-state index contributed by atoms with van der Waals surface area (Å²) < 4.78 is 0. The monoisotopic (exact) mass is 272 g/mol. The molecule has 0 spiro atoms. The molecule has 0 atom stereocenters. The van der Waals surface area contributed by atoms with Crippen molar-refractivity contribution in [2.24, 2.45) is 5.92 Å². The lowest BCUT2D eigenvalue weighted by Crippen LogP contribution is -2.16. The van der Waals surface area contributed by atoms with E-state index in [2.05, 4.69) is 15.3 Å². The van der Waals surface area contributed by atoms with Crippen molar-refractivity contribution in [3.05, 3.63) is 46.4 Å². The molecule has 1 saturated carbocycles. The number of imidazole rings is 1. The first-order valence-corrected chi connectivity index (χ1v) is 6.72. The summed E-state index contributed by atoms with van der Waals surface area (Å²) in [6, 6.07) is 6.46. The normalized spacial score (nSPS) is 14.4. The van der Waals surface area contributed by atoms with Crippen LogP contribution in [0.4, 0.5) is 5.69 Å². The average molecular weight is 272 g/mol. The van der Waals surface area contributed by atoms with Gasteiger partial charge in [0.2, 0.25) is 0 Å². The van der Waals surface area contributed by atoms with Crippen LogP contribution in [-0.2, 0) is 6.54 Å². The molecule has 6 nitrogen and oxygen atoms in total. The molecule has 20 heavy (non-hydrogen) atoms. The molecule has 1 aliphatic carbocycles. The third kappa shape index (κ3) is 3.03. The maximum absolute atomic E-state index is 10.6. The van der Waals surface area contributed by atoms with Gasteiger partial charge in [0.05, 0.1) is 23.4 Å². The van der Waals surface area contributed by atoms with Crippen LogP contribution in [-0.4, -0.2) is 21.4 Å². The fourth-order valence-corrected chi connectivity index (χ4v) is 2.08. The van der Waals surface area contributed by atoms with E-state index in [1.807, 2.05) is 0 Å². The van der Waals surface area contributed by atoms with Gasteiger partial charge in [-0.05, 0) is 37.4 Å². The van der Waals surface area contributed by atoms with Gasteiger partial charge in [0.1, 0.15) is 5.82 Å². The Balaban J connectivity index is 1.64. The molecule has 0 bridgehead atoms. The molecule has 104 valence electrons. The molecule has 0 unspecified atom stereocenters. The van der Waals surface area contributed by atoms with E-state index in [9.17, 15) is 10.1 Å². The summed E-state index contributed by atoms with van der Waals surface area (Å²) in [6.07, 6.45) is 4.42. The molecule has 1 aromatic carbocycles. The largest absolute Gasteiger partial charge is 0.341 e. The van der Waals surface area contributed by atoms with Crippen LogP contribution in [0.25, 0.3) is 11.3 Å². The number of aromatic nitrogens is 2. The smallest absolute Gasteiger partial charge is 0.269 e. The summed E-state index contributed by atoms with van der Waals surface area (Å²) in [5.41, 5.74) is 1.87. The number of hydrogen-bond acceptors (Lipinski definition) is 4. The molecule has 0 amide bonds. The molecule has 2 aromatic rings. The number of benzene rings is 1. The Morgan fingerprint density at radius 3 is 2.75 bits per heavy atom. The highest BCUT2D eigenvalue weighted by atomic mass is 16.6. The summed E-state index contributed by atoms with van der Waals surface area (Å²) in [6.45, 7) is 1.77. The average Bonchev–Trinajstić information content (AvgIpc) is 3.15. The Morgan fingerprint density at radius 1 is 1.35 bits per heavy atom. The minimum atomic E-state index is -0.399. The molecule has 1 aromatic heterocycles. The van der Waals surface area contributed by atoms with Crippen LogP contribution in [0.1, 0.15) is 18.7 Å². The number of aromatic amines is 1. The summed E-state index contributed by atoms with van der Waals surface area (Å²) in [7, 11) is 0. The molecular formula is C14H16N4O2. The number of nitro groups is 1. The third-order valence-electron chi connectivity index (χ3n) is 3.44. The second-order valence-corrected chi connectivity index (χ2v) is 5.12. The predicted molar refractivity (Wildman–Crippen MR) is 75.1 cm³/mol. The van der Waals surface area contributed by atoms with Crippen LogP contribution in [0.5, 0.6) is 0 Å². The standard InChI is InChI=1S/C14H16N4O2/c19-18(20)12-5-3-11(4-6-12)13-8-16-14(17-13)9-15-7-10-1-2-10/h3-6,8,10,15H,1-2,7,9H2,(H,16,17). The minimum absolute atomic E-state index is 0.0968. The van der Waals surface area contributed by atoms with Gasteiger partial charge in [-0.15, -0.1) is 0 Å². The number of nitro benzene ring substituents is 1. The van der Waals surface area contributed by atoms with Crippen molar-refractivity contribution in [1.29, 1.82) is 0 Å². The van der Waals surface area contributed by atoms with Crippen LogP contribution in [0.3, 0.4) is 0 Å². The third-order valence-corrected chi connectivity index (χ3v) is 3.44. The van der Waals surface area contributed by atoms with Gasteiger partial charge < -0.3 is 10.3 Å². The Hall–Kier alpha value is -2.21. The van der Waals surface area contributed by atoms with Gasteiger partial charge in [0.25, 0.3) is 5.69 Å². The van der Waals surface area contributed by atoms with Crippen LogP contribution in [0.15, 0.2) is 30.5 Å². The van der Waals surface area contributed by atoms with Crippen LogP contribution >= 0.6 is 0 Å². The van der Waals surface area contributed by atoms with E-state index in [4.69, 9.17) is 0 Å². The van der Waals surface area contributed by atoms with Crippen LogP contribution < -0.4 is 5.32 Å². The molecule has 0 radical (unpaired) electrons. The van der Waals surface area contributed by atoms with E-state index in [0.717, 1.165) is 36.1 Å². The zero-order valence-corrected chi connectivity index (χ0v) is 11.0. The first-order valence-electron chi connectivity index (χ1n) is 6.72. The summed E-state index contributed by atoms with van der Waals surface area (Å²) in [5, 5.41) is 14.0. The van der Waals surface area contributed by atoms with Gasteiger partial charge >= 0.3 is 0 Å². The van der Waals surface area contributed by atoms with Gasteiger partial charge in [-0.25, -0.2) is 4.98 Å². The van der Waals surface area contributed by atoms with Crippen molar-refractivity contribution in [2.75, 3.05) is 6.54 Å². The molecular weight excluding hydrogens is 256 g/mol. The van der Waals surface area contributed by atoms with Crippen molar-refractivity contribution in [1.82, 2.24) is 15.3 Å². The highest BCUT2D eigenvalue weighted by Crippen LogP contribution is 2.27. The second kappa shape index (κ2) is 5.42. The quantitative estimate of drug-likeness (QED) is 0.625. The van der Waals surface area contributed by atoms with Gasteiger partial charge in [-0.3, -0.25) is 10.1 Å². The van der Waals surface area contributed by atoms with Crippen molar-refractivity contribution in [3.63, 3.8) is 0 Å². The lowest BCUT2D eigenvalue weighted by atomic mass is 10.1. The summed E-state index contributed by atoms with van der Waals surface area (Å²) in [4.78, 5) is 17.8. The first-order chi connectivity index (χ1) is 9.72. The summed E-state index contributed by atoms with van der Waals surface area (Å²) in [5.74, 6) is 1.73. The lowest BCUT2D eigenvalue weighted by molar-refractivity contribution is -0.384. The van der Waals surface area contributed by atoms with E-state index >= 15 is 0 Å². The highest BCUT2D eigenvalue weighted by molar-refractivity contribution is 5.60. The highest BCUT2D eigenvalue weighted by Gasteiger charge is 2.20. The van der Waals surface area contributed by atoms with Gasteiger partial charge in [-0.1, -0.05) is 0 Å². The SMILES string of the molecule is O=[N+]([O-])c1ccc(-c2cnc(CNCC3CC3)[nH]2)cc1. The molecule has 1 heterocycles. The van der Waals surface area contributed by atoms with Gasteiger partial charge in [0, 0.05) is 17.7 Å². The molecule has 6 heteroatoms. The molecule has 0 saturated heterocycles.